The van der Waals surface area contributed by atoms with Gasteiger partial charge in [-0.1, -0.05) is 145 Å². The fraction of sp³-hybridized carbons (Fsp3) is 0.174. The third-order valence-corrected chi connectivity index (χ3v) is 9.89. The number of nitrogens with zero attached hydrogens (tertiary/aromatic N) is 4. The van der Waals surface area contributed by atoms with Crippen LogP contribution in [0.1, 0.15) is 58.2 Å². The molecule has 242 valence electrons. The van der Waals surface area contributed by atoms with Crippen LogP contribution in [0.2, 0.25) is 0 Å². The van der Waals surface area contributed by atoms with Gasteiger partial charge in [0.25, 0.3) is 0 Å². The maximum absolute atomic E-state index is 9.52. The fourth-order valence-corrected chi connectivity index (χ4v) is 7.04. The molecule has 0 N–H and O–H groups in total. The minimum absolute atomic E-state index is 0.0345. The molecule has 0 saturated carbocycles. The van der Waals surface area contributed by atoms with E-state index in [4.69, 9.17) is 15.0 Å². The number of hydrogen-bond donors (Lipinski definition) is 0. The molecule has 0 amide bonds. The van der Waals surface area contributed by atoms with Gasteiger partial charge in [-0.15, -0.1) is 0 Å². The summed E-state index contributed by atoms with van der Waals surface area (Å²) in [5.41, 5.74) is 13.0. The highest BCUT2D eigenvalue weighted by atomic mass is 15.0. The lowest BCUT2D eigenvalue weighted by atomic mass is 9.86. The SMILES string of the molecule is CC(C)(C)c1ccc(-c2nc(-c3ccc(C(C)(C)C)cc3)nc(-c3ccc4c5c(ccc(-c6ccc(C#N)cc6)c35)-c3ccccc3-4)n2)cc1. The Morgan fingerprint density at radius 1 is 0.400 bits per heavy atom. The lowest BCUT2D eigenvalue weighted by Crippen LogP contribution is -2.11. The Hall–Kier alpha value is -5.92. The summed E-state index contributed by atoms with van der Waals surface area (Å²) in [5, 5.41) is 11.8. The van der Waals surface area contributed by atoms with Crippen LogP contribution in [-0.2, 0) is 10.8 Å². The highest BCUT2D eigenvalue weighted by Gasteiger charge is 2.26. The predicted molar refractivity (Wildman–Crippen MR) is 206 cm³/mol. The second-order valence-corrected chi connectivity index (χ2v) is 15.3. The van der Waals surface area contributed by atoms with Crippen molar-refractivity contribution < 1.29 is 0 Å². The first kappa shape index (κ1) is 31.4. The lowest BCUT2D eigenvalue weighted by molar-refractivity contribution is 0.590. The number of hydrogen-bond acceptors (Lipinski definition) is 4. The lowest BCUT2D eigenvalue weighted by Gasteiger charge is -2.19. The first-order chi connectivity index (χ1) is 24.0. The van der Waals surface area contributed by atoms with Crippen LogP contribution in [-0.4, -0.2) is 15.0 Å². The van der Waals surface area contributed by atoms with Gasteiger partial charge in [0, 0.05) is 22.1 Å². The van der Waals surface area contributed by atoms with E-state index in [2.05, 4.69) is 145 Å². The van der Waals surface area contributed by atoms with Gasteiger partial charge < -0.3 is 0 Å². The molecule has 4 nitrogen and oxygen atoms in total. The average Bonchev–Trinajstić information content (AvgIpc) is 3.46. The van der Waals surface area contributed by atoms with Gasteiger partial charge in [0.1, 0.15) is 0 Å². The molecule has 0 fully saturated rings. The Kier molecular flexibility index (Phi) is 7.28. The first-order valence-electron chi connectivity index (χ1n) is 17.2. The summed E-state index contributed by atoms with van der Waals surface area (Å²) in [6.45, 7) is 13.3. The molecule has 0 radical (unpaired) electrons. The van der Waals surface area contributed by atoms with Gasteiger partial charge in [-0.05, 0) is 78.9 Å². The van der Waals surface area contributed by atoms with Gasteiger partial charge in [0.15, 0.2) is 17.5 Å². The van der Waals surface area contributed by atoms with E-state index in [0.717, 1.165) is 33.2 Å². The van der Waals surface area contributed by atoms with Crippen LogP contribution in [0.4, 0.5) is 0 Å². The molecule has 1 aliphatic carbocycles. The number of aromatic nitrogens is 3. The number of nitriles is 1. The van der Waals surface area contributed by atoms with Gasteiger partial charge in [0.05, 0.1) is 11.6 Å². The first-order valence-corrected chi connectivity index (χ1v) is 17.2. The van der Waals surface area contributed by atoms with Crippen LogP contribution in [0.25, 0.3) is 78.3 Å². The third-order valence-electron chi connectivity index (χ3n) is 9.89. The predicted octanol–water partition coefficient (Wildman–Crippen LogP) is 11.8. The topological polar surface area (TPSA) is 62.5 Å². The normalized spacial score (nSPS) is 12.2. The number of benzene rings is 6. The van der Waals surface area contributed by atoms with Crippen molar-refractivity contribution in [3.05, 3.63) is 138 Å². The molecule has 0 unspecified atom stereocenters. The molecule has 0 atom stereocenters. The summed E-state index contributed by atoms with van der Waals surface area (Å²) >= 11 is 0. The Balaban J connectivity index is 1.40. The van der Waals surface area contributed by atoms with Crippen LogP contribution >= 0.6 is 0 Å². The van der Waals surface area contributed by atoms with Gasteiger partial charge in [-0.2, -0.15) is 5.26 Å². The molecular weight excluding hydrogens is 609 g/mol. The highest BCUT2D eigenvalue weighted by Crippen LogP contribution is 2.51. The zero-order valence-electron chi connectivity index (χ0n) is 29.3. The molecule has 4 heteroatoms. The summed E-state index contributed by atoms with van der Waals surface area (Å²) in [4.78, 5) is 15.5. The zero-order valence-corrected chi connectivity index (χ0v) is 29.3. The summed E-state index contributed by atoms with van der Waals surface area (Å²) in [6, 6.07) is 44.7. The van der Waals surface area contributed by atoms with Crippen molar-refractivity contribution in [3.8, 4) is 73.6 Å². The molecule has 7 aromatic rings. The minimum atomic E-state index is 0.0345. The molecule has 50 heavy (non-hydrogen) atoms. The van der Waals surface area contributed by atoms with Crippen molar-refractivity contribution >= 4 is 10.8 Å². The Morgan fingerprint density at radius 3 is 1.26 bits per heavy atom. The van der Waals surface area contributed by atoms with Crippen molar-refractivity contribution in [2.45, 2.75) is 52.4 Å². The van der Waals surface area contributed by atoms with Crippen LogP contribution in [0.3, 0.4) is 0 Å². The van der Waals surface area contributed by atoms with Gasteiger partial charge in [-0.3, -0.25) is 0 Å². The molecule has 0 spiro atoms. The molecule has 8 rings (SSSR count). The monoisotopic (exact) mass is 646 g/mol. The van der Waals surface area contributed by atoms with Crippen molar-refractivity contribution in [2.75, 3.05) is 0 Å². The van der Waals surface area contributed by atoms with E-state index in [-0.39, 0.29) is 10.8 Å². The van der Waals surface area contributed by atoms with Crippen LogP contribution < -0.4 is 0 Å². The quantitative estimate of drug-likeness (QED) is 0.191. The summed E-state index contributed by atoms with van der Waals surface area (Å²) < 4.78 is 0. The van der Waals surface area contributed by atoms with Crippen LogP contribution in [0.15, 0.2) is 121 Å². The van der Waals surface area contributed by atoms with E-state index in [0.29, 0.717) is 23.0 Å². The molecule has 6 aromatic carbocycles. The van der Waals surface area contributed by atoms with Gasteiger partial charge >= 0.3 is 0 Å². The second kappa shape index (κ2) is 11.6. The van der Waals surface area contributed by atoms with Crippen LogP contribution in [0, 0.1) is 11.3 Å². The molecule has 0 bridgehead atoms. The minimum Gasteiger partial charge on any atom is -0.208 e. The molecule has 1 aromatic heterocycles. The number of fused-ring (bicyclic) bond motifs is 3. The number of rotatable bonds is 4. The third kappa shape index (κ3) is 5.36. The Labute approximate surface area is 294 Å². The summed E-state index contributed by atoms with van der Waals surface area (Å²) in [6.07, 6.45) is 0. The van der Waals surface area contributed by atoms with E-state index in [1.54, 1.807) is 0 Å². The molecule has 1 heterocycles. The van der Waals surface area contributed by atoms with E-state index < -0.39 is 0 Å². The molecule has 0 saturated heterocycles. The van der Waals surface area contributed by atoms with Crippen LogP contribution in [0.5, 0.6) is 0 Å². The second-order valence-electron chi connectivity index (χ2n) is 15.3. The van der Waals surface area contributed by atoms with E-state index >= 15 is 0 Å². The van der Waals surface area contributed by atoms with E-state index in [1.165, 1.54) is 38.8 Å². The Bertz CT molecular complexity index is 2360. The van der Waals surface area contributed by atoms with Gasteiger partial charge in [-0.25, -0.2) is 15.0 Å². The van der Waals surface area contributed by atoms with E-state index in [9.17, 15) is 5.26 Å². The maximum Gasteiger partial charge on any atom is 0.164 e. The maximum atomic E-state index is 9.52. The smallest absolute Gasteiger partial charge is 0.164 e. The van der Waals surface area contributed by atoms with Crippen molar-refractivity contribution in [2.24, 2.45) is 0 Å². The summed E-state index contributed by atoms with van der Waals surface area (Å²) in [5.74, 6) is 1.90. The highest BCUT2D eigenvalue weighted by molar-refractivity contribution is 6.22. The van der Waals surface area contributed by atoms with Crippen molar-refractivity contribution in [3.63, 3.8) is 0 Å². The molecule has 1 aliphatic rings. The van der Waals surface area contributed by atoms with Gasteiger partial charge in [0.2, 0.25) is 0 Å². The standard InChI is InChI=1S/C46H38N4/c1-45(2,3)32-19-15-30(16-20-32)42-48-43(31-17-21-33(22-18-31)46(4,5)6)50-44(49-42)39-26-25-38-36-10-8-7-9-35(36)37-24-23-34(40(39)41(37)38)29-13-11-28(27-47)12-14-29/h7-26H,1-6H3. The van der Waals surface area contributed by atoms with Crippen molar-refractivity contribution in [1.29, 1.82) is 5.26 Å². The average molecular weight is 647 g/mol. The van der Waals surface area contributed by atoms with Crippen molar-refractivity contribution in [1.82, 2.24) is 15.0 Å². The largest absolute Gasteiger partial charge is 0.208 e. The molecular formula is C46H38N4. The zero-order chi connectivity index (χ0) is 34.8. The molecule has 0 aliphatic heterocycles. The Morgan fingerprint density at radius 2 is 0.800 bits per heavy atom. The fourth-order valence-electron chi connectivity index (χ4n) is 7.04. The summed E-state index contributed by atoms with van der Waals surface area (Å²) in [7, 11) is 0. The van der Waals surface area contributed by atoms with E-state index in [1.807, 2.05) is 24.3 Å².